The van der Waals surface area contributed by atoms with Gasteiger partial charge >= 0.3 is 0 Å². The Bertz CT molecular complexity index is 832. The standard InChI is InChI=1S/C20H27NO4.C5H11N/c1-3-13-6-7-15(18(21)24)17(23)16(13)19-9-4-5-12(2)20(19,25)10-8-14(22)11-19;6-4-5-2-1-3-5/h6-7,12,23,25H,3-5,8-11H2,1-2H3,(H2,21,24);5H,1-4,6H2/t12-,19+,20+;/m0./s1. The molecule has 1 amide bonds. The van der Waals surface area contributed by atoms with Gasteiger partial charge in [0.1, 0.15) is 11.5 Å². The number of carbonyl (C=O) groups is 2. The Kier molecular flexibility index (Phi) is 7.11. The monoisotopic (exact) mass is 430 g/mol. The molecule has 1 aromatic rings. The van der Waals surface area contributed by atoms with Crippen molar-refractivity contribution in [1.82, 2.24) is 0 Å². The molecule has 3 atom stereocenters. The summed E-state index contributed by atoms with van der Waals surface area (Å²) in [6, 6.07) is 3.33. The molecule has 0 aromatic heterocycles. The number of hydrogen-bond donors (Lipinski definition) is 4. The highest BCUT2D eigenvalue weighted by Gasteiger charge is 2.60. The molecule has 0 unspecified atom stereocenters. The molecule has 3 aliphatic carbocycles. The minimum atomic E-state index is -1.06. The Labute approximate surface area is 185 Å². The summed E-state index contributed by atoms with van der Waals surface area (Å²) in [5.41, 5.74) is 10.3. The molecule has 1 aromatic carbocycles. The van der Waals surface area contributed by atoms with Crippen LogP contribution in [0.15, 0.2) is 12.1 Å². The van der Waals surface area contributed by atoms with Gasteiger partial charge in [0.2, 0.25) is 0 Å². The third kappa shape index (κ3) is 4.12. The second-order valence-corrected chi connectivity index (χ2v) is 9.76. The number of amides is 1. The van der Waals surface area contributed by atoms with Crippen LogP contribution in [0.5, 0.6) is 5.75 Å². The predicted molar refractivity (Wildman–Crippen MR) is 121 cm³/mol. The molecule has 0 aliphatic heterocycles. The number of nitrogens with two attached hydrogens (primary N) is 2. The molecular formula is C25H38N2O4. The number of ketones is 1. The number of Topliss-reactive ketones (excluding diaryl/α,β-unsaturated/α-hetero) is 1. The first kappa shape index (κ1) is 23.7. The lowest BCUT2D eigenvalue weighted by molar-refractivity contribution is -0.153. The first-order valence-corrected chi connectivity index (χ1v) is 11.8. The first-order valence-electron chi connectivity index (χ1n) is 11.8. The predicted octanol–water partition coefficient (Wildman–Crippen LogP) is 3.34. The van der Waals surface area contributed by atoms with Crippen molar-refractivity contribution in [1.29, 1.82) is 0 Å². The zero-order chi connectivity index (χ0) is 22.8. The van der Waals surface area contributed by atoms with Gasteiger partial charge in [-0.2, -0.15) is 0 Å². The normalized spacial score (nSPS) is 30.6. The number of primary amides is 1. The molecule has 0 radical (unpaired) electrons. The Morgan fingerprint density at radius 2 is 1.90 bits per heavy atom. The number of rotatable bonds is 4. The third-order valence-electron chi connectivity index (χ3n) is 8.12. The van der Waals surface area contributed by atoms with Crippen molar-refractivity contribution in [3.63, 3.8) is 0 Å². The lowest BCUT2D eigenvalue weighted by Crippen LogP contribution is -2.61. The number of carbonyl (C=O) groups excluding carboxylic acids is 2. The summed E-state index contributed by atoms with van der Waals surface area (Å²) in [5.74, 6) is 0.159. The van der Waals surface area contributed by atoms with Gasteiger partial charge in [0, 0.05) is 23.8 Å². The fraction of sp³-hybridized carbons (Fsp3) is 0.680. The van der Waals surface area contributed by atoms with Crippen LogP contribution in [0.25, 0.3) is 0 Å². The number of aliphatic hydroxyl groups is 1. The molecule has 6 nitrogen and oxygen atoms in total. The van der Waals surface area contributed by atoms with Gasteiger partial charge in [-0.1, -0.05) is 32.8 Å². The van der Waals surface area contributed by atoms with E-state index in [0.717, 1.165) is 30.9 Å². The van der Waals surface area contributed by atoms with Crippen molar-refractivity contribution in [2.24, 2.45) is 23.3 Å². The minimum absolute atomic E-state index is 0.0238. The summed E-state index contributed by atoms with van der Waals surface area (Å²) in [7, 11) is 0. The quantitative estimate of drug-likeness (QED) is 0.583. The fourth-order valence-corrected chi connectivity index (χ4v) is 5.94. The summed E-state index contributed by atoms with van der Waals surface area (Å²) in [6.45, 7) is 4.90. The lowest BCUT2D eigenvalue weighted by Gasteiger charge is -2.57. The second kappa shape index (κ2) is 9.29. The molecule has 0 bridgehead atoms. The topological polar surface area (TPSA) is 127 Å². The summed E-state index contributed by atoms with van der Waals surface area (Å²) in [5, 5.41) is 22.6. The Morgan fingerprint density at radius 3 is 2.42 bits per heavy atom. The van der Waals surface area contributed by atoms with E-state index in [0.29, 0.717) is 31.2 Å². The molecule has 4 rings (SSSR count). The molecule has 0 heterocycles. The average Bonchev–Trinajstić information content (AvgIpc) is 2.69. The van der Waals surface area contributed by atoms with Crippen LogP contribution in [0, 0.1) is 11.8 Å². The largest absolute Gasteiger partial charge is 0.507 e. The smallest absolute Gasteiger partial charge is 0.252 e. The molecule has 3 fully saturated rings. The van der Waals surface area contributed by atoms with Crippen molar-refractivity contribution < 1.29 is 19.8 Å². The van der Waals surface area contributed by atoms with Crippen LogP contribution in [0.1, 0.15) is 93.1 Å². The van der Waals surface area contributed by atoms with Crippen LogP contribution < -0.4 is 11.5 Å². The van der Waals surface area contributed by atoms with Gasteiger partial charge in [-0.05, 0) is 68.5 Å². The van der Waals surface area contributed by atoms with Crippen molar-refractivity contribution in [2.45, 2.75) is 89.1 Å². The van der Waals surface area contributed by atoms with E-state index in [2.05, 4.69) is 0 Å². The van der Waals surface area contributed by atoms with Gasteiger partial charge in [-0.3, -0.25) is 9.59 Å². The van der Waals surface area contributed by atoms with Crippen LogP contribution in [-0.4, -0.2) is 34.0 Å². The summed E-state index contributed by atoms with van der Waals surface area (Å²) >= 11 is 0. The van der Waals surface area contributed by atoms with Gasteiger partial charge in [-0.25, -0.2) is 0 Å². The van der Waals surface area contributed by atoms with Gasteiger partial charge in [0.05, 0.1) is 11.2 Å². The highest BCUT2D eigenvalue weighted by molar-refractivity contribution is 5.96. The second-order valence-electron chi connectivity index (χ2n) is 9.76. The Balaban J connectivity index is 0.000000391. The van der Waals surface area contributed by atoms with Crippen LogP contribution >= 0.6 is 0 Å². The lowest BCUT2D eigenvalue weighted by atomic mass is 9.49. The van der Waals surface area contributed by atoms with E-state index in [9.17, 15) is 19.8 Å². The van der Waals surface area contributed by atoms with Gasteiger partial charge in [0.15, 0.2) is 0 Å². The molecule has 172 valence electrons. The van der Waals surface area contributed by atoms with E-state index < -0.39 is 16.9 Å². The van der Waals surface area contributed by atoms with Crippen molar-refractivity contribution in [3.8, 4) is 5.75 Å². The minimum Gasteiger partial charge on any atom is -0.507 e. The maximum Gasteiger partial charge on any atom is 0.252 e. The summed E-state index contributed by atoms with van der Waals surface area (Å²) < 4.78 is 0. The molecular weight excluding hydrogens is 392 g/mol. The Morgan fingerprint density at radius 1 is 1.19 bits per heavy atom. The summed E-state index contributed by atoms with van der Waals surface area (Å²) in [6.07, 6.45) is 8.19. The Hall–Kier alpha value is -1.92. The van der Waals surface area contributed by atoms with Crippen LogP contribution in [0.2, 0.25) is 0 Å². The van der Waals surface area contributed by atoms with Gasteiger partial charge in [0.25, 0.3) is 5.91 Å². The molecule has 0 saturated heterocycles. The van der Waals surface area contributed by atoms with E-state index >= 15 is 0 Å². The molecule has 31 heavy (non-hydrogen) atoms. The van der Waals surface area contributed by atoms with E-state index in [1.54, 1.807) is 6.07 Å². The number of aryl methyl sites for hydroxylation is 1. The van der Waals surface area contributed by atoms with Gasteiger partial charge < -0.3 is 21.7 Å². The van der Waals surface area contributed by atoms with Crippen LogP contribution in [-0.2, 0) is 16.6 Å². The zero-order valence-electron chi connectivity index (χ0n) is 19.0. The van der Waals surface area contributed by atoms with Crippen molar-refractivity contribution >= 4 is 11.7 Å². The molecule has 6 heteroatoms. The number of aromatic hydroxyl groups is 1. The average molecular weight is 431 g/mol. The molecule has 6 N–H and O–H groups in total. The van der Waals surface area contributed by atoms with E-state index in [1.165, 1.54) is 25.3 Å². The molecule has 3 aliphatic rings. The number of fused-ring (bicyclic) bond motifs is 1. The van der Waals surface area contributed by atoms with Gasteiger partial charge in [-0.15, -0.1) is 0 Å². The highest BCUT2D eigenvalue weighted by atomic mass is 16.3. The first-order chi connectivity index (χ1) is 14.7. The highest BCUT2D eigenvalue weighted by Crippen LogP contribution is 2.58. The number of hydrogen-bond acceptors (Lipinski definition) is 5. The maximum absolute atomic E-state index is 12.4. The van der Waals surface area contributed by atoms with Crippen LogP contribution in [0.4, 0.5) is 0 Å². The molecule has 3 saturated carbocycles. The van der Waals surface area contributed by atoms with Crippen LogP contribution in [0.3, 0.4) is 0 Å². The van der Waals surface area contributed by atoms with E-state index in [1.807, 2.05) is 13.8 Å². The zero-order valence-corrected chi connectivity index (χ0v) is 19.0. The summed E-state index contributed by atoms with van der Waals surface area (Å²) in [4.78, 5) is 24.1. The van der Waals surface area contributed by atoms with Crippen molar-refractivity contribution in [2.75, 3.05) is 6.54 Å². The van der Waals surface area contributed by atoms with Crippen molar-refractivity contribution in [3.05, 3.63) is 28.8 Å². The molecule has 0 spiro atoms. The maximum atomic E-state index is 12.4. The van der Waals surface area contributed by atoms with E-state index in [4.69, 9.17) is 11.5 Å². The third-order valence-corrected chi connectivity index (χ3v) is 8.12. The van der Waals surface area contributed by atoms with E-state index in [-0.39, 0.29) is 29.4 Å². The number of phenols is 1. The number of benzene rings is 1. The fourth-order valence-electron chi connectivity index (χ4n) is 5.94. The SMILES string of the molecule is CCc1ccc(C(N)=O)c(O)c1[C@]12CCC[C@H](C)[C@]1(O)CCC(=O)C2.NCC1CCC1.